The highest BCUT2D eigenvalue weighted by atomic mass is 16.3. The normalized spacial score (nSPS) is 22.5. The van der Waals surface area contributed by atoms with E-state index in [4.69, 9.17) is 4.42 Å². The number of hydrogen-bond acceptors (Lipinski definition) is 4. The van der Waals surface area contributed by atoms with E-state index in [0.717, 1.165) is 48.4 Å². The largest absolute Gasteiger partial charge is 0.440 e. The molecule has 0 unspecified atom stereocenters. The number of aromatic nitrogens is 1. The van der Waals surface area contributed by atoms with Gasteiger partial charge in [-0.2, -0.15) is 0 Å². The fourth-order valence-corrected chi connectivity index (χ4v) is 3.07. The highest BCUT2D eigenvalue weighted by Gasteiger charge is 2.24. The third kappa shape index (κ3) is 2.97. The van der Waals surface area contributed by atoms with Gasteiger partial charge in [-0.25, -0.2) is 4.98 Å². The van der Waals surface area contributed by atoms with Crippen molar-refractivity contribution >= 4 is 11.1 Å². The zero-order valence-corrected chi connectivity index (χ0v) is 13.0. The molecule has 1 aromatic carbocycles. The number of nitrogens with one attached hydrogen (secondary N) is 1. The van der Waals surface area contributed by atoms with Gasteiger partial charge in [0.05, 0.1) is 6.10 Å². The van der Waals surface area contributed by atoms with Crippen LogP contribution in [-0.2, 0) is 6.54 Å². The molecule has 1 heterocycles. The molecule has 1 aliphatic carbocycles. The van der Waals surface area contributed by atoms with Gasteiger partial charge in [-0.05, 0) is 43.4 Å². The Bertz CT molecular complexity index is 633. The molecule has 1 saturated carbocycles. The van der Waals surface area contributed by atoms with E-state index in [9.17, 15) is 5.11 Å². The first-order valence-corrected chi connectivity index (χ1v) is 7.86. The second-order valence-corrected chi connectivity index (χ2v) is 6.45. The van der Waals surface area contributed by atoms with E-state index in [1.807, 2.05) is 0 Å². The van der Waals surface area contributed by atoms with Crippen LogP contribution in [0.4, 0.5) is 0 Å². The fourth-order valence-electron chi connectivity index (χ4n) is 3.07. The summed E-state index contributed by atoms with van der Waals surface area (Å²) < 4.78 is 5.84. The van der Waals surface area contributed by atoms with Crippen molar-refractivity contribution in [2.75, 3.05) is 0 Å². The summed E-state index contributed by atoms with van der Waals surface area (Å²) >= 11 is 0. The van der Waals surface area contributed by atoms with E-state index < -0.39 is 0 Å². The summed E-state index contributed by atoms with van der Waals surface area (Å²) in [5, 5.41) is 13.3. The van der Waals surface area contributed by atoms with E-state index in [-0.39, 0.29) is 12.1 Å². The highest BCUT2D eigenvalue weighted by molar-refractivity contribution is 5.77. The summed E-state index contributed by atoms with van der Waals surface area (Å²) in [6.45, 7) is 7.00. The van der Waals surface area contributed by atoms with Crippen molar-refractivity contribution in [3.05, 3.63) is 29.2 Å². The minimum absolute atomic E-state index is 0.200. The number of benzene rings is 1. The van der Waals surface area contributed by atoms with Crippen LogP contribution >= 0.6 is 0 Å². The molecule has 1 aromatic heterocycles. The van der Waals surface area contributed by atoms with Crippen LogP contribution in [0.5, 0.6) is 0 Å². The molecule has 0 bridgehead atoms. The van der Waals surface area contributed by atoms with Gasteiger partial charge in [0.15, 0.2) is 11.5 Å². The maximum Gasteiger partial charge on any atom is 0.198 e. The topological polar surface area (TPSA) is 58.3 Å². The van der Waals surface area contributed by atoms with Crippen molar-refractivity contribution in [1.29, 1.82) is 0 Å². The Hall–Kier alpha value is -1.39. The van der Waals surface area contributed by atoms with Crippen LogP contribution in [0.15, 0.2) is 16.5 Å². The summed E-state index contributed by atoms with van der Waals surface area (Å²) in [6, 6.07) is 4.46. The van der Waals surface area contributed by atoms with E-state index in [1.54, 1.807) is 0 Å². The van der Waals surface area contributed by atoms with Gasteiger partial charge >= 0.3 is 0 Å². The molecule has 21 heavy (non-hydrogen) atoms. The van der Waals surface area contributed by atoms with Crippen LogP contribution in [0.3, 0.4) is 0 Å². The molecule has 0 saturated heterocycles. The summed E-state index contributed by atoms with van der Waals surface area (Å²) in [6.07, 6.45) is 2.88. The summed E-state index contributed by atoms with van der Waals surface area (Å²) in [5.74, 6) is 1.09. The standard InChI is InChI=1S/C17H24N2O2/c1-10(2)17-19-14-8-12(7-11(3)16(14)21-17)9-18-13-5-4-6-15(13)20/h7-8,10,13,15,18,20H,4-6,9H2,1-3H3/t13-,15+/m0/s1. The van der Waals surface area contributed by atoms with E-state index in [2.05, 4.69) is 43.2 Å². The molecular formula is C17H24N2O2. The smallest absolute Gasteiger partial charge is 0.198 e. The van der Waals surface area contributed by atoms with Crippen molar-refractivity contribution in [1.82, 2.24) is 10.3 Å². The summed E-state index contributed by atoms with van der Waals surface area (Å²) in [7, 11) is 0. The van der Waals surface area contributed by atoms with Gasteiger partial charge in [-0.15, -0.1) is 0 Å². The molecule has 3 rings (SSSR count). The van der Waals surface area contributed by atoms with Crippen LogP contribution in [0.2, 0.25) is 0 Å². The molecule has 4 nitrogen and oxygen atoms in total. The Morgan fingerprint density at radius 3 is 2.86 bits per heavy atom. The van der Waals surface area contributed by atoms with Gasteiger partial charge in [0.2, 0.25) is 0 Å². The number of hydrogen-bond donors (Lipinski definition) is 2. The average Bonchev–Trinajstić information content (AvgIpc) is 3.03. The Morgan fingerprint density at radius 2 is 2.19 bits per heavy atom. The van der Waals surface area contributed by atoms with Gasteiger partial charge in [-0.3, -0.25) is 0 Å². The third-order valence-electron chi connectivity index (χ3n) is 4.29. The number of aliphatic hydroxyl groups is 1. The Morgan fingerprint density at radius 1 is 1.38 bits per heavy atom. The Kier molecular flexibility index (Phi) is 4.00. The van der Waals surface area contributed by atoms with Gasteiger partial charge in [0.1, 0.15) is 5.52 Å². The first-order chi connectivity index (χ1) is 10.0. The van der Waals surface area contributed by atoms with Crippen molar-refractivity contribution in [2.24, 2.45) is 0 Å². The van der Waals surface area contributed by atoms with Crippen LogP contribution < -0.4 is 5.32 Å². The molecule has 2 atom stereocenters. The number of nitrogens with zero attached hydrogens (tertiary/aromatic N) is 1. The lowest BCUT2D eigenvalue weighted by Crippen LogP contribution is -2.35. The van der Waals surface area contributed by atoms with E-state index >= 15 is 0 Å². The monoisotopic (exact) mass is 288 g/mol. The predicted octanol–water partition coefficient (Wildman–Crippen LogP) is 3.26. The second-order valence-electron chi connectivity index (χ2n) is 6.45. The SMILES string of the molecule is Cc1cc(CN[C@H]2CCC[C@H]2O)cc2nc(C(C)C)oc12. The average molecular weight is 288 g/mol. The van der Waals surface area contributed by atoms with Gasteiger partial charge in [0.25, 0.3) is 0 Å². The fraction of sp³-hybridized carbons (Fsp3) is 0.588. The van der Waals surface area contributed by atoms with Crippen LogP contribution in [0.25, 0.3) is 11.1 Å². The molecule has 2 aromatic rings. The number of oxazole rings is 1. The van der Waals surface area contributed by atoms with Gasteiger partial charge < -0.3 is 14.8 Å². The minimum Gasteiger partial charge on any atom is -0.440 e. The first kappa shape index (κ1) is 14.5. The number of fused-ring (bicyclic) bond motifs is 1. The molecule has 0 radical (unpaired) electrons. The highest BCUT2D eigenvalue weighted by Crippen LogP contribution is 2.26. The van der Waals surface area contributed by atoms with Crippen LogP contribution in [-0.4, -0.2) is 22.2 Å². The molecule has 2 N–H and O–H groups in total. The van der Waals surface area contributed by atoms with Crippen LogP contribution in [0.1, 0.15) is 56.0 Å². The lowest BCUT2D eigenvalue weighted by Gasteiger charge is -2.16. The number of aryl methyl sites for hydroxylation is 1. The molecule has 1 fully saturated rings. The maximum absolute atomic E-state index is 9.87. The molecule has 0 spiro atoms. The van der Waals surface area contributed by atoms with Crippen molar-refractivity contribution in [2.45, 2.75) is 64.6 Å². The lowest BCUT2D eigenvalue weighted by atomic mass is 10.1. The number of aliphatic hydroxyl groups excluding tert-OH is 1. The summed E-state index contributed by atoms with van der Waals surface area (Å²) in [4.78, 5) is 4.58. The first-order valence-electron chi connectivity index (χ1n) is 7.86. The number of rotatable bonds is 4. The minimum atomic E-state index is -0.200. The Balaban J connectivity index is 1.79. The zero-order chi connectivity index (χ0) is 15.0. The van der Waals surface area contributed by atoms with Crippen molar-refractivity contribution < 1.29 is 9.52 Å². The van der Waals surface area contributed by atoms with E-state index in [0.29, 0.717) is 5.92 Å². The molecule has 0 amide bonds. The maximum atomic E-state index is 9.87. The lowest BCUT2D eigenvalue weighted by molar-refractivity contribution is 0.148. The molecule has 0 aliphatic heterocycles. The zero-order valence-electron chi connectivity index (χ0n) is 13.0. The third-order valence-corrected chi connectivity index (χ3v) is 4.29. The Labute approximate surface area is 125 Å². The van der Waals surface area contributed by atoms with E-state index in [1.165, 1.54) is 5.56 Å². The van der Waals surface area contributed by atoms with Gasteiger partial charge in [0, 0.05) is 18.5 Å². The van der Waals surface area contributed by atoms with Crippen molar-refractivity contribution in [3.63, 3.8) is 0 Å². The molecule has 114 valence electrons. The molecule has 1 aliphatic rings. The predicted molar refractivity (Wildman–Crippen MR) is 83.3 cm³/mol. The van der Waals surface area contributed by atoms with Crippen molar-refractivity contribution in [3.8, 4) is 0 Å². The molecular weight excluding hydrogens is 264 g/mol. The molecule has 4 heteroatoms. The summed E-state index contributed by atoms with van der Waals surface area (Å²) in [5.41, 5.74) is 4.14. The van der Waals surface area contributed by atoms with Crippen LogP contribution in [0, 0.1) is 6.92 Å². The van der Waals surface area contributed by atoms with Gasteiger partial charge in [-0.1, -0.05) is 19.9 Å². The quantitative estimate of drug-likeness (QED) is 0.906. The second kappa shape index (κ2) is 5.78.